The molecule has 3 rings (SSSR count). The molecule has 112 valence electrons. The predicted octanol–water partition coefficient (Wildman–Crippen LogP) is 4.14. The van der Waals surface area contributed by atoms with E-state index in [9.17, 15) is 4.39 Å². The Labute approximate surface area is 128 Å². The number of aliphatic imine (C=N–C) groups is 1. The molecule has 3 nitrogen and oxygen atoms in total. The lowest BCUT2D eigenvalue weighted by molar-refractivity contribution is 0.303. The van der Waals surface area contributed by atoms with Gasteiger partial charge in [0, 0.05) is 23.0 Å². The molecule has 0 saturated carbocycles. The topological polar surface area (TPSA) is 37.4 Å². The lowest BCUT2D eigenvalue weighted by Gasteiger charge is -2.01. The van der Waals surface area contributed by atoms with Crippen molar-refractivity contribution in [3.63, 3.8) is 0 Å². The molecule has 0 unspecified atom stereocenters. The number of aryl methyl sites for hydroxylation is 2. The Balaban J connectivity index is 2.00. The van der Waals surface area contributed by atoms with Crippen LogP contribution in [0, 0.1) is 19.7 Å². The summed E-state index contributed by atoms with van der Waals surface area (Å²) in [6, 6.07) is 8.37. The lowest BCUT2D eigenvalue weighted by Crippen LogP contribution is -1.93. The predicted molar refractivity (Wildman–Crippen MR) is 86.3 cm³/mol. The number of halogens is 1. The fourth-order valence-corrected chi connectivity index (χ4v) is 2.49. The van der Waals surface area contributed by atoms with Crippen LogP contribution < -0.4 is 0 Å². The van der Waals surface area contributed by atoms with Crippen LogP contribution in [0.5, 0.6) is 0 Å². The van der Waals surface area contributed by atoms with E-state index in [0.29, 0.717) is 5.76 Å². The van der Waals surface area contributed by atoms with E-state index >= 15 is 0 Å². The van der Waals surface area contributed by atoms with Gasteiger partial charge in [0.25, 0.3) is 0 Å². The zero-order valence-corrected chi connectivity index (χ0v) is 12.8. The highest BCUT2D eigenvalue weighted by Crippen LogP contribution is 2.26. The van der Waals surface area contributed by atoms with Gasteiger partial charge >= 0.3 is 0 Å². The average Bonchev–Trinajstić information content (AvgIpc) is 3.03. The molecule has 2 heterocycles. The molecule has 0 bridgehead atoms. The molecule has 1 N–H and O–H groups in total. The highest BCUT2D eigenvalue weighted by atomic mass is 19.1. The van der Waals surface area contributed by atoms with Gasteiger partial charge in [0.15, 0.2) is 0 Å². The lowest BCUT2D eigenvalue weighted by atomic mass is 10.1. The summed E-state index contributed by atoms with van der Waals surface area (Å²) in [4.78, 5) is 7.90. The van der Waals surface area contributed by atoms with E-state index in [-0.39, 0.29) is 5.82 Å². The molecule has 0 radical (unpaired) electrons. The second-order valence-electron chi connectivity index (χ2n) is 5.30. The first-order valence-electron chi connectivity index (χ1n) is 7.05. The SMILES string of the molecule is COC1=CC(c2ccc(F)cc2)=N/C1=C\c1[nH]c(C)cc1C. The number of H-pyrrole nitrogens is 1. The second-order valence-corrected chi connectivity index (χ2v) is 5.30. The summed E-state index contributed by atoms with van der Waals surface area (Å²) in [5, 5.41) is 0. The first-order valence-corrected chi connectivity index (χ1v) is 7.05. The van der Waals surface area contributed by atoms with Crippen molar-refractivity contribution in [2.24, 2.45) is 4.99 Å². The number of ether oxygens (including phenoxy) is 1. The molecule has 1 aromatic carbocycles. The Bertz CT molecular complexity index is 795. The zero-order valence-electron chi connectivity index (χ0n) is 12.8. The van der Waals surface area contributed by atoms with E-state index in [0.717, 1.165) is 33.9 Å². The Hall–Kier alpha value is -2.62. The van der Waals surface area contributed by atoms with Gasteiger partial charge in [0.2, 0.25) is 0 Å². The van der Waals surface area contributed by atoms with Crippen LogP contribution in [0.15, 0.2) is 52.9 Å². The number of rotatable bonds is 3. The van der Waals surface area contributed by atoms with Crippen LogP contribution in [0.3, 0.4) is 0 Å². The van der Waals surface area contributed by atoms with Gasteiger partial charge in [0.1, 0.15) is 17.3 Å². The maximum Gasteiger partial charge on any atom is 0.146 e. The standard InChI is InChI=1S/C18H17FN2O/c1-11-8-12(2)20-15(11)9-17-18(22-3)10-16(21-17)13-4-6-14(19)7-5-13/h4-10,20H,1-3H3/b17-9-. The van der Waals surface area contributed by atoms with Crippen molar-refractivity contribution in [3.8, 4) is 0 Å². The van der Waals surface area contributed by atoms with Crippen molar-refractivity contribution in [1.29, 1.82) is 0 Å². The van der Waals surface area contributed by atoms with Crippen LogP contribution in [0.1, 0.15) is 22.5 Å². The van der Waals surface area contributed by atoms with Gasteiger partial charge in [-0.1, -0.05) is 0 Å². The maximum absolute atomic E-state index is 13.0. The number of aromatic nitrogens is 1. The third-order valence-electron chi connectivity index (χ3n) is 3.59. The van der Waals surface area contributed by atoms with Gasteiger partial charge < -0.3 is 9.72 Å². The molecule has 0 aliphatic carbocycles. The van der Waals surface area contributed by atoms with Crippen LogP contribution in [0.2, 0.25) is 0 Å². The van der Waals surface area contributed by atoms with Crippen LogP contribution in [0.4, 0.5) is 4.39 Å². The number of nitrogens with zero attached hydrogens (tertiary/aromatic N) is 1. The van der Waals surface area contributed by atoms with Crippen molar-refractivity contribution in [2.45, 2.75) is 13.8 Å². The molecule has 1 aliphatic rings. The molecule has 22 heavy (non-hydrogen) atoms. The molecule has 0 saturated heterocycles. The molecule has 0 fully saturated rings. The molecular formula is C18H17FN2O. The summed E-state index contributed by atoms with van der Waals surface area (Å²) in [6.45, 7) is 4.07. The van der Waals surface area contributed by atoms with Gasteiger partial charge in [-0.15, -0.1) is 0 Å². The molecule has 1 aromatic heterocycles. The number of hydrogen-bond acceptors (Lipinski definition) is 2. The Morgan fingerprint density at radius 1 is 1.18 bits per heavy atom. The van der Waals surface area contributed by atoms with Gasteiger partial charge in [-0.2, -0.15) is 0 Å². The largest absolute Gasteiger partial charge is 0.494 e. The van der Waals surface area contributed by atoms with Gasteiger partial charge in [-0.25, -0.2) is 9.38 Å². The summed E-state index contributed by atoms with van der Waals surface area (Å²) in [5.41, 5.74) is 5.66. The quantitative estimate of drug-likeness (QED) is 0.908. The van der Waals surface area contributed by atoms with Crippen molar-refractivity contribution in [1.82, 2.24) is 4.98 Å². The third-order valence-corrected chi connectivity index (χ3v) is 3.59. The first kappa shape index (κ1) is 14.3. The van der Waals surface area contributed by atoms with E-state index in [1.807, 2.05) is 26.0 Å². The summed E-state index contributed by atoms with van der Waals surface area (Å²) >= 11 is 0. The minimum absolute atomic E-state index is 0.258. The van der Waals surface area contributed by atoms with Crippen LogP contribution in [-0.4, -0.2) is 17.8 Å². The summed E-state index contributed by atoms with van der Waals surface area (Å²) in [5.74, 6) is 0.442. The first-order chi connectivity index (χ1) is 10.6. The fourth-order valence-electron chi connectivity index (χ4n) is 2.49. The zero-order chi connectivity index (χ0) is 15.7. The van der Waals surface area contributed by atoms with Crippen molar-refractivity contribution in [3.05, 3.63) is 76.2 Å². The fraction of sp³-hybridized carbons (Fsp3) is 0.167. The van der Waals surface area contributed by atoms with Gasteiger partial charge in [-0.3, -0.25) is 0 Å². The Morgan fingerprint density at radius 3 is 2.50 bits per heavy atom. The summed E-state index contributed by atoms with van der Waals surface area (Å²) in [6.07, 6.45) is 3.83. The number of benzene rings is 1. The van der Waals surface area contributed by atoms with Gasteiger partial charge in [-0.05, 0) is 55.8 Å². The van der Waals surface area contributed by atoms with Gasteiger partial charge in [0.05, 0.1) is 12.8 Å². The number of hydrogen-bond donors (Lipinski definition) is 1. The molecule has 2 aromatic rings. The average molecular weight is 296 g/mol. The van der Waals surface area contributed by atoms with Crippen molar-refractivity contribution in [2.75, 3.05) is 7.11 Å². The normalized spacial score (nSPS) is 15.9. The molecule has 0 atom stereocenters. The van der Waals surface area contributed by atoms with Crippen LogP contribution in [0.25, 0.3) is 6.08 Å². The van der Waals surface area contributed by atoms with Crippen molar-refractivity contribution < 1.29 is 9.13 Å². The van der Waals surface area contributed by atoms with E-state index < -0.39 is 0 Å². The molecule has 4 heteroatoms. The minimum Gasteiger partial charge on any atom is -0.494 e. The molecule has 0 amide bonds. The Morgan fingerprint density at radius 2 is 1.91 bits per heavy atom. The van der Waals surface area contributed by atoms with E-state index in [4.69, 9.17) is 4.74 Å². The van der Waals surface area contributed by atoms with E-state index in [1.54, 1.807) is 19.2 Å². The molecule has 1 aliphatic heterocycles. The van der Waals surface area contributed by atoms with E-state index in [1.165, 1.54) is 12.1 Å². The van der Waals surface area contributed by atoms with Crippen LogP contribution in [-0.2, 0) is 4.74 Å². The second kappa shape index (κ2) is 5.64. The molecular weight excluding hydrogens is 279 g/mol. The Kier molecular flexibility index (Phi) is 3.67. The smallest absolute Gasteiger partial charge is 0.146 e. The number of nitrogens with one attached hydrogen (secondary N) is 1. The monoisotopic (exact) mass is 296 g/mol. The highest BCUT2D eigenvalue weighted by Gasteiger charge is 2.17. The minimum atomic E-state index is -0.258. The third kappa shape index (κ3) is 2.72. The molecule has 0 spiro atoms. The summed E-state index contributed by atoms with van der Waals surface area (Å²) < 4.78 is 18.4. The number of allylic oxidation sites excluding steroid dienone is 1. The summed E-state index contributed by atoms with van der Waals surface area (Å²) in [7, 11) is 1.62. The van der Waals surface area contributed by atoms with E-state index in [2.05, 4.69) is 16.0 Å². The highest BCUT2D eigenvalue weighted by molar-refractivity contribution is 6.12. The number of aromatic amines is 1. The number of methoxy groups -OCH3 is 1. The van der Waals surface area contributed by atoms with Crippen molar-refractivity contribution >= 4 is 11.8 Å². The maximum atomic E-state index is 13.0. The van der Waals surface area contributed by atoms with Crippen LogP contribution >= 0.6 is 0 Å².